The van der Waals surface area contributed by atoms with Crippen molar-refractivity contribution in [2.75, 3.05) is 24.7 Å². The fraction of sp³-hybridized carbons (Fsp3) is 1.00. The van der Waals surface area contributed by atoms with Crippen LogP contribution in [-0.2, 0) is 10.0 Å². The fourth-order valence-electron chi connectivity index (χ4n) is 1.07. The largest absolute Gasteiger partial charge is 0.402 e. The van der Waals surface area contributed by atoms with Crippen LogP contribution in [0, 0.1) is 0 Å². The average molecular weight is 282 g/mol. The molecule has 8 heteroatoms. The molecule has 0 radical (unpaired) electrons. The molecule has 0 atom stereocenters. The molecule has 0 spiro atoms. The monoisotopic (exact) mass is 281 g/mol. The number of rotatable bonds is 7. The predicted molar refractivity (Wildman–Crippen MR) is 57.0 cm³/mol. The van der Waals surface area contributed by atoms with Gasteiger partial charge >= 0.3 is 6.18 Å². The molecule has 0 bridgehead atoms. The molecule has 3 nitrogen and oxygen atoms in total. The highest BCUT2D eigenvalue weighted by Crippen LogP contribution is 2.19. The van der Waals surface area contributed by atoms with Crippen LogP contribution in [0.15, 0.2) is 0 Å². The van der Waals surface area contributed by atoms with Crippen LogP contribution in [-0.4, -0.2) is 43.6 Å². The van der Waals surface area contributed by atoms with Gasteiger partial charge in [0.25, 0.3) is 0 Å². The van der Waals surface area contributed by atoms with Gasteiger partial charge in [0.05, 0.1) is 5.75 Å². The highest BCUT2D eigenvalue weighted by molar-refractivity contribution is 7.89. The van der Waals surface area contributed by atoms with Crippen molar-refractivity contribution >= 4 is 21.6 Å². The Morgan fingerprint density at radius 1 is 1.31 bits per heavy atom. The highest BCUT2D eigenvalue weighted by Gasteiger charge is 2.35. The summed E-state index contributed by atoms with van der Waals surface area (Å²) in [5.41, 5.74) is 0. The lowest BCUT2D eigenvalue weighted by Gasteiger charge is -2.22. The first-order valence-electron chi connectivity index (χ1n) is 4.83. The number of unbranched alkanes of at least 4 members (excludes halogenated alkanes) is 1. The third kappa shape index (κ3) is 6.55. The molecule has 0 rings (SSSR count). The average Bonchev–Trinajstić information content (AvgIpc) is 2.12. The highest BCUT2D eigenvalue weighted by atomic mass is 35.5. The van der Waals surface area contributed by atoms with E-state index in [0.29, 0.717) is 17.1 Å². The second kappa shape index (κ2) is 6.66. The van der Waals surface area contributed by atoms with E-state index in [1.54, 1.807) is 6.92 Å². The van der Waals surface area contributed by atoms with E-state index < -0.39 is 22.7 Å². The molecular weight excluding hydrogens is 267 g/mol. The van der Waals surface area contributed by atoms with Crippen molar-refractivity contribution in [1.82, 2.24) is 4.31 Å². The summed E-state index contributed by atoms with van der Waals surface area (Å²) in [7, 11) is -3.85. The fourth-order valence-corrected chi connectivity index (χ4v) is 3.00. The van der Waals surface area contributed by atoms with Crippen molar-refractivity contribution in [2.45, 2.75) is 25.9 Å². The Morgan fingerprint density at radius 3 is 2.25 bits per heavy atom. The first kappa shape index (κ1) is 16.0. The van der Waals surface area contributed by atoms with Gasteiger partial charge in [0.2, 0.25) is 10.0 Å². The van der Waals surface area contributed by atoms with E-state index in [1.165, 1.54) is 0 Å². The lowest BCUT2D eigenvalue weighted by molar-refractivity contribution is -0.135. The molecule has 0 aliphatic heterocycles. The maximum Gasteiger partial charge on any atom is 0.402 e. The van der Waals surface area contributed by atoms with Crippen LogP contribution in [0.5, 0.6) is 0 Å². The number of hydrogen-bond donors (Lipinski definition) is 0. The van der Waals surface area contributed by atoms with E-state index in [9.17, 15) is 21.6 Å². The minimum atomic E-state index is -4.54. The van der Waals surface area contributed by atoms with Gasteiger partial charge < -0.3 is 0 Å². The zero-order valence-corrected chi connectivity index (χ0v) is 10.5. The summed E-state index contributed by atoms with van der Waals surface area (Å²) < 4.78 is 59.8. The van der Waals surface area contributed by atoms with Crippen molar-refractivity contribution in [1.29, 1.82) is 0 Å². The summed E-state index contributed by atoms with van der Waals surface area (Å²) in [5, 5.41) is 0. The summed E-state index contributed by atoms with van der Waals surface area (Å²) in [6.07, 6.45) is -3.58. The molecule has 98 valence electrons. The van der Waals surface area contributed by atoms with Crippen molar-refractivity contribution in [3.8, 4) is 0 Å². The molecule has 16 heavy (non-hydrogen) atoms. The first-order valence-corrected chi connectivity index (χ1v) is 6.98. The molecule has 0 N–H and O–H groups in total. The normalized spacial score (nSPS) is 13.4. The first-order chi connectivity index (χ1) is 7.23. The number of nitrogens with zero attached hydrogens (tertiary/aromatic N) is 1. The molecule has 0 aromatic carbocycles. The van der Waals surface area contributed by atoms with Gasteiger partial charge in [-0.15, -0.1) is 11.6 Å². The van der Waals surface area contributed by atoms with Crippen molar-refractivity contribution in [3.63, 3.8) is 0 Å². The Kier molecular flexibility index (Phi) is 6.65. The molecule has 0 saturated carbocycles. The standard InChI is InChI=1S/C8H15ClF3NO2S/c1-2-3-6-16(14,15)13(5-4-9)7-8(10,11)12/h2-7H2,1H3. The van der Waals surface area contributed by atoms with Crippen LogP contribution < -0.4 is 0 Å². The smallest absolute Gasteiger partial charge is 0.212 e. The third-order valence-electron chi connectivity index (χ3n) is 1.84. The van der Waals surface area contributed by atoms with Gasteiger partial charge in [0.1, 0.15) is 6.54 Å². The number of alkyl halides is 4. The number of halogens is 4. The summed E-state index contributed by atoms with van der Waals surface area (Å²) >= 11 is 5.29. The summed E-state index contributed by atoms with van der Waals surface area (Å²) in [6, 6.07) is 0. The van der Waals surface area contributed by atoms with E-state index in [4.69, 9.17) is 11.6 Å². The van der Waals surface area contributed by atoms with Crippen LogP contribution in [0.4, 0.5) is 13.2 Å². The lowest BCUT2D eigenvalue weighted by Crippen LogP contribution is -2.41. The Balaban J connectivity index is 4.63. The molecule has 0 fully saturated rings. The van der Waals surface area contributed by atoms with E-state index in [-0.39, 0.29) is 18.2 Å². The summed E-state index contributed by atoms with van der Waals surface area (Å²) in [4.78, 5) is 0. The molecule has 0 saturated heterocycles. The third-order valence-corrected chi connectivity index (χ3v) is 3.91. The summed E-state index contributed by atoms with van der Waals surface area (Å²) in [6.45, 7) is -0.00987. The SMILES string of the molecule is CCCCS(=O)(=O)N(CCCl)CC(F)(F)F. The molecule has 0 aliphatic carbocycles. The molecule has 0 aliphatic rings. The van der Waals surface area contributed by atoms with Crippen LogP contribution in [0.25, 0.3) is 0 Å². The Labute approximate surface area is 98.6 Å². The van der Waals surface area contributed by atoms with Crippen LogP contribution in [0.3, 0.4) is 0 Å². The second-order valence-electron chi connectivity index (χ2n) is 3.31. The Bertz CT molecular complexity index is 292. The predicted octanol–water partition coefficient (Wildman–Crippen LogP) is 2.22. The molecule has 0 unspecified atom stereocenters. The molecule has 0 heterocycles. The number of sulfonamides is 1. The van der Waals surface area contributed by atoms with E-state index in [0.717, 1.165) is 0 Å². The van der Waals surface area contributed by atoms with Crippen LogP contribution >= 0.6 is 11.6 Å². The quantitative estimate of drug-likeness (QED) is 0.671. The van der Waals surface area contributed by atoms with Gasteiger partial charge in [0, 0.05) is 12.4 Å². The van der Waals surface area contributed by atoms with E-state index in [1.807, 2.05) is 0 Å². The molecule has 0 aromatic heterocycles. The maximum atomic E-state index is 12.1. The van der Waals surface area contributed by atoms with Crippen molar-refractivity contribution in [2.24, 2.45) is 0 Å². The van der Waals surface area contributed by atoms with Gasteiger partial charge in [-0.05, 0) is 6.42 Å². The minimum absolute atomic E-state index is 0.151. The van der Waals surface area contributed by atoms with Gasteiger partial charge in [-0.2, -0.15) is 17.5 Å². The number of hydrogen-bond acceptors (Lipinski definition) is 2. The van der Waals surface area contributed by atoms with E-state index in [2.05, 4.69) is 0 Å². The van der Waals surface area contributed by atoms with Crippen LogP contribution in [0.2, 0.25) is 0 Å². The second-order valence-corrected chi connectivity index (χ2v) is 5.77. The molecule has 0 amide bonds. The van der Waals surface area contributed by atoms with Crippen LogP contribution in [0.1, 0.15) is 19.8 Å². The molecule has 0 aromatic rings. The van der Waals surface area contributed by atoms with E-state index >= 15 is 0 Å². The lowest BCUT2D eigenvalue weighted by atomic mass is 10.4. The Hall–Kier alpha value is -0.0100. The minimum Gasteiger partial charge on any atom is -0.212 e. The zero-order chi connectivity index (χ0) is 12.8. The summed E-state index contributed by atoms with van der Waals surface area (Å²) in [5.74, 6) is -0.419. The van der Waals surface area contributed by atoms with Crippen molar-refractivity contribution in [3.05, 3.63) is 0 Å². The zero-order valence-electron chi connectivity index (χ0n) is 8.93. The molecular formula is C8H15ClF3NO2S. The van der Waals surface area contributed by atoms with Gasteiger partial charge in [0.15, 0.2) is 0 Å². The Morgan fingerprint density at radius 2 is 1.88 bits per heavy atom. The topological polar surface area (TPSA) is 37.4 Å². The van der Waals surface area contributed by atoms with Crippen molar-refractivity contribution < 1.29 is 21.6 Å². The maximum absolute atomic E-state index is 12.1. The van der Waals surface area contributed by atoms with Gasteiger partial charge in [-0.1, -0.05) is 13.3 Å². The van der Waals surface area contributed by atoms with Gasteiger partial charge in [-0.25, -0.2) is 8.42 Å². The van der Waals surface area contributed by atoms with Gasteiger partial charge in [-0.3, -0.25) is 0 Å².